The van der Waals surface area contributed by atoms with Crippen molar-refractivity contribution in [1.82, 2.24) is 9.88 Å². The number of methoxy groups -OCH3 is 1. The number of nitrogens with zero attached hydrogens (tertiary/aromatic N) is 2. The summed E-state index contributed by atoms with van der Waals surface area (Å²) in [5, 5.41) is 2.90. The molecule has 1 aliphatic heterocycles. The van der Waals surface area contributed by atoms with Gasteiger partial charge in [-0.25, -0.2) is 4.79 Å². The number of rotatable bonds is 4. The number of aromatic nitrogens is 1. The number of hydrogen-bond acceptors (Lipinski definition) is 5. The molecule has 0 radical (unpaired) electrons. The number of ether oxygens (including phenoxy) is 2. The summed E-state index contributed by atoms with van der Waals surface area (Å²) >= 11 is 0. The van der Waals surface area contributed by atoms with Gasteiger partial charge in [0, 0.05) is 18.9 Å². The maximum absolute atomic E-state index is 12.8. The first-order valence-electron chi connectivity index (χ1n) is 8.45. The Balaban J connectivity index is 1.83. The molecule has 0 saturated heterocycles. The van der Waals surface area contributed by atoms with E-state index in [9.17, 15) is 9.59 Å². The van der Waals surface area contributed by atoms with E-state index in [1.807, 2.05) is 25.1 Å². The molecule has 26 heavy (non-hydrogen) atoms. The second-order valence-corrected chi connectivity index (χ2v) is 5.85. The maximum atomic E-state index is 12.8. The second-order valence-electron chi connectivity index (χ2n) is 5.85. The molecule has 1 N–H and O–H groups in total. The zero-order valence-electron chi connectivity index (χ0n) is 14.8. The Kier molecular flexibility index (Phi) is 5.36. The number of benzene rings is 1. The number of para-hydroxylation sites is 2. The van der Waals surface area contributed by atoms with Crippen LogP contribution < -0.4 is 10.1 Å². The van der Waals surface area contributed by atoms with Gasteiger partial charge in [0.2, 0.25) is 0 Å². The molecule has 136 valence electrons. The molecular formula is C19H21N3O4. The highest BCUT2D eigenvalue weighted by Crippen LogP contribution is 2.26. The average Bonchev–Trinajstić information content (AvgIpc) is 2.68. The topological polar surface area (TPSA) is 80.8 Å². The molecule has 0 fully saturated rings. The van der Waals surface area contributed by atoms with Gasteiger partial charge in [-0.2, -0.15) is 0 Å². The van der Waals surface area contributed by atoms with Crippen LogP contribution in [0, 0.1) is 0 Å². The van der Waals surface area contributed by atoms with E-state index in [0.717, 1.165) is 11.1 Å². The lowest BCUT2D eigenvalue weighted by Crippen LogP contribution is -2.36. The molecule has 0 saturated carbocycles. The maximum Gasteiger partial charge on any atom is 0.409 e. The molecule has 2 heterocycles. The third-order valence-corrected chi connectivity index (χ3v) is 4.25. The van der Waals surface area contributed by atoms with Gasteiger partial charge in [-0.1, -0.05) is 12.1 Å². The van der Waals surface area contributed by atoms with Crippen molar-refractivity contribution in [3.8, 4) is 5.75 Å². The lowest BCUT2D eigenvalue weighted by Gasteiger charge is -2.28. The number of anilines is 1. The summed E-state index contributed by atoms with van der Waals surface area (Å²) in [6, 6.07) is 7.30. The highest BCUT2D eigenvalue weighted by Gasteiger charge is 2.25. The van der Waals surface area contributed by atoms with Crippen molar-refractivity contribution in [3.63, 3.8) is 0 Å². The largest absolute Gasteiger partial charge is 0.492 e. The van der Waals surface area contributed by atoms with Crippen molar-refractivity contribution >= 4 is 17.7 Å². The SMILES string of the molecule is CCOc1ccccc1NC(=O)c1cncc2c1CCN(C(=O)OC)C2. The van der Waals surface area contributed by atoms with E-state index in [-0.39, 0.29) is 12.0 Å². The predicted octanol–water partition coefficient (Wildman–Crippen LogP) is 2.86. The Hall–Kier alpha value is -3.09. The summed E-state index contributed by atoms with van der Waals surface area (Å²) < 4.78 is 10.3. The van der Waals surface area contributed by atoms with Crippen molar-refractivity contribution in [2.45, 2.75) is 19.9 Å². The van der Waals surface area contributed by atoms with Gasteiger partial charge < -0.3 is 19.7 Å². The van der Waals surface area contributed by atoms with Crippen LogP contribution in [-0.4, -0.2) is 42.1 Å². The molecule has 2 amide bonds. The summed E-state index contributed by atoms with van der Waals surface area (Å²) in [6.07, 6.45) is 3.44. The van der Waals surface area contributed by atoms with Crippen LogP contribution in [0.1, 0.15) is 28.4 Å². The number of hydrogen-bond donors (Lipinski definition) is 1. The van der Waals surface area contributed by atoms with E-state index in [1.165, 1.54) is 7.11 Å². The van der Waals surface area contributed by atoms with Crippen molar-refractivity contribution in [3.05, 3.63) is 53.3 Å². The van der Waals surface area contributed by atoms with E-state index in [0.29, 0.717) is 43.1 Å². The Morgan fingerprint density at radius 2 is 2.08 bits per heavy atom. The van der Waals surface area contributed by atoms with Crippen LogP contribution >= 0.6 is 0 Å². The minimum absolute atomic E-state index is 0.243. The van der Waals surface area contributed by atoms with Crippen LogP contribution in [0.3, 0.4) is 0 Å². The van der Waals surface area contributed by atoms with Crippen LogP contribution in [0.4, 0.5) is 10.5 Å². The minimum Gasteiger partial charge on any atom is -0.492 e. The summed E-state index contributed by atoms with van der Waals surface area (Å²) in [6.45, 7) is 3.28. The van der Waals surface area contributed by atoms with E-state index < -0.39 is 0 Å². The predicted molar refractivity (Wildman–Crippen MR) is 96.3 cm³/mol. The van der Waals surface area contributed by atoms with Gasteiger partial charge in [-0.05, 0) is 36.6 Å². The standard InChI is InChI=1S/C19H21N3O4/c1-3-26-17-7-5-4-6-16(17)21-18(23)15-11-20-10-13-12-22(19(24)25-2)9-8-14(13)15/h4-7,10-11H,3,8-9,12H2,1-2H3,(H,21,23). The Morgan fingerprint density at radius 1 is 1.27 bits per heavy atom. The van der Waals surface area contributed by atoms with Gasteiger partial charge in [-0.15, -0.1) is 0 Å². The Bertz CT molecular complexity index is 822. The second kappa shape index (κ2) is 7.86. The molecule has 7 nitrogen and oxygen atoms in total. The summed E-state index contributed by atoms with van der Waals surface area (Å²) in [5.41, 5.74) is 2.89. The monoisotopic (exact) mass is 355 g/mol. The van der Waals surface area contributed by atoms with Gasteiger partial charge in [0.1, 0.15) is 5.75 Å². The van der Waals surface area contributed by atoms with Gasteiger partial charge >= 0.3 is 6.09 Å². The summed E-state index contributed by atoms with van der Waals surface area (Å²) in [4.78, 5) is 30.3. The minimum atomic E-state index is -0.379. The quantitative estimate of drug-likeness (QED) is 0.912. The first-order chi connectivity index (χ1) is 12.6. The summed E-state index contributed by atoms with van der Waals surface area (Å²) in [5.74, 6) is 0.381. The fraction of sp³-hybridized carbons (Fsp3) is 0.316. The lowest BCUT2D eigenvalue weighted by atomic mass is 9.97. The van der Waals surface area contributed by atoms with Crippen molar-refractivity contribution < 1.29 is 19.1 Å². The van der Waals surface area contributed by atoms with Crippen LogP contribution in [0.2, 0.25) is 0 Å². The summed E-state index contributed by atoms with van der Waals surface area (Å²) in [7, 11) is 1.36. The van der Waals surface area contributed by atoms with Crippen LogP contribution in [-0.2, 0) is 17.7 Å². The molecule has 1 aromatic carbocycles. The third-order valence-electron chi connectivity index (χ3n) is 4.25. The van der Waals surface area contributed by atoms with Gasteiger partial charge in [-0.3, -0.25) is 9.78 Å². The fourth-order valence-corrected chi connectivity index (χ4v) is 3.02. The normalized spacial score (nSPS) is 12.9. The van der Waals surface area contributed by atoms with Crippen LogP contribution in [0.5, 0.6) is 5.75 Å². The van der Waals surface area contributed by atoms with E-state index >= 15 is 0 Å². The highest BCUT2D eigenvalue weighted by molar-refractivity contribution is 6.06. The molecule has 1 aromatic heterocycles. The van der Waals surface area contributed by atoms with Gasteiger partial charge in [0.25, 0.3) is 5.91 Å². The average molecular weight is 355 g/mol. The van der Waals surface area contributed by atoms with Gasteiger partial charge in [0.15, 0.2) is 0 Å². The first-order valence-corrected chi connectivity index (χ1v) is 8.45. The fourth-order valence-electron chi connectivity index (χ4n) is 3.02. The molecule has 0 bridgehead atoms. The molecule has 3 rings (SSSR count). The van der Waals surface area contributed by atoms with Crippen molar-refractivity contribution in [1.29, 1.82) is 0 Å². The first kappa shape index (κ1) is 17.7. The number of pyridine rings is 1. The number of nitrogens with one attached hydrogen (secondary N) is 1. The Morgan fingerprint density at radius 3 is 2.85 bits per heavy atom. The van der Waals surface area contributed by atoms with Crippen LogP contribution in [0.15, 0.2) is 36.7 Å². The van der Waals surface area contributed by atoms with E-state index in [2.05, 4.69) is 10.3 Å². The molecule has 7 heteroatoms. The molecule has 0 atom stereocenters. The van der Waals surface area contributed by atoms with E-state index in [4.69, 9.17) is 9.47 Å². The molecule has 2 aromatic rings. The van der Waals surface area contributed by atoms with Crippen molar-refractivity contribution in [2.24, 2.45) is 0 Å². The highest BCUT2D eigenvalue weighted by atomic mass is 16.5. The third kappa shape index (κ3) is 3.61. The molecular weight excluding hydrogens is 334 g/mol. The van der Waals surface area contributed by atoms with Gasteiger partial charge in [0.05, 0.1) is 31.5 Å². The number of carbonyl (C=O) groups excluding carboxylic acids is 2. The Labute approximate surface area is 151 Å². The lowest BCUT2D eigenvalue weighted by molar-refractivity contribution is 0.102. The molecule has 1 aliphatic rings. The molecule has 0 aliphatic carbocycles. The number of carbonyl (C=O) groups is 2. The zero-order chi connectivity index (χ0) is 18.5. The zero-order valence-corrected chi connectivity index (χ0v) is 14.8. The number of fused-ring (bicyclic) bond motifs is 1. The molecule has 0 spiro atoms. The molecule has 0 unspecified atom stereocenters. The van der Waals surface area contributed by atoms with E-state index in [1.54, 1.807) is 23.4 Å². The number of amides is 2. The van der Waals surface area contributed by atoms with Crippen molar-refractivity contribution in [2.75, 3.05) is 25.6 Å². The smallest absolute Gasteiger partial charge is 0.409 e. The van der Waals surface area contributed by atoms with Crippen LogP contribution in [0.25, 0.3) is 0 Å².